The number of anilines is 1. The molecule has 0 radical (unpaired) electrons. The lowest BCUT2D eigenvalue weighted by Crippen LogP contribution is -2.37. The summed E-state index contributed by atoms with van der Waals surface area (Å²) in [5.41, 5.74) is 2.90. The standard InChI is InChI=1S/C18H28N6O/c1-14-16(12-23(2)22-14)17-6-8-20-18(21-17)19-7-4-10-24-9-3-5-15(11-24)13-25/h6,8,12,15,25H,3-5,7,9-11,13H2,1-2H3,(H,19,20,21). The molecule has 0 amide bonds. The zero-order chi connectivity index (χ0) is 17.6. The molecule has 7 heteroatoms. The summed E-state index contributed by atoms with van der Waals surface area (Å²) in [7, 11) is 1.92. The quantitative estimate of drug-likeness (QED) is 0.744. The Kier molecular flexibility index (Phi) is 5.99. The molecule has 0 aromatic carbocycles. The molecule has 0 bridgehead atoms. The van der Waals surface area contributed by atoms with E-state index < -0.39 is 0 Å². The van der Waals surface area contributed by atoms with Crippen molar-refractivity contribution in [2.75, 3.05) is 38.1 Å². The van der Waals surface area contributed by atoms with E-state index in [0.717, 1.165) is 56.0 Å². The van der Waals surface area contributed by atoms with Gasteiger partial charge in [0.2, 0.25) is 5.95 Å². The topological polar surface area (TPSA) is 79.1 Å². The Morgan fingerprint density at radius 3 is 3.04 bits per heavy atom. The lowest BCUT2D eigenvalue weighted by Gasteiger charge is -2.31. The maximum atomic E-state index is 9.31. The molecule has 1 aliphatic heterocycles. The summed E-state index contributed by atoms with van der Waals surface area (Å²) in [6.45, 7) is 6.35. The second kappa shape index (κ2) is 8.40. The van der Waals surface area contributed by atoms with E-state index in [-0.39, 0.29) is 0 Å². The number of likely N-dealkylation sites (tertiary alicyclic amines) is 1. The molecule has 25 heavy (non-hydrogen) atoms. The third-order valence-corrected chi connectivity index (χ3v) is 4.74. The predicted octanol–water partition coefficient (Wildman–Crippen LogP) is 1.69. The first-order valence-corrected chi connectivity index (χ1v) is 9.06. The highest BCUT2D eigenvalue weighted by Gasteiger charge is 2.18. The highest BCUT2D eigenvalue weighted by molar-refractivity contribution is 5.61. The molecule has 2 aromatic rings. The summed E-state index contributed by atoms with van der Waals surface area (Å²) in [5.74, 6) is 1.11. The number of aliphatic hydroxyl groups excluding tert-OH is 1. The van der Waals surface area contributed by atoms with Crippen molar-refractivity contribution in [2.45, 2.75) is 26.2 Å². The Morgan fingerprint density at radius 2 is 2.28 bits per heavy atom. The fourth-order valence-electron chi connectivity index (χ4n) is 3.45. The number of aryl methyl sites for hydroxylation is 2. The van der Waals surface area contributed by atoms with Crippen LogP contribution in [0.15, 0.2) is 18.5 Å². The molecular formula is C18H28N6O. The van der Waals surface area contributed by atoms with Crippen molar-refractivity contribution in [1.82, 2.24) is 24.6 Å². The average Bonchev–Trinajstić information content (AvgIpc) is 2.97. The zero-order valence-electron chi connectivity index (χ0n) is 15.1. The predicted molar refractivity (Wildman–Crippen MR) is 98.3 cm³/mol. The first kappa shape index (κ1) is 17.8. The van der Waals surface area contributed by atoms with Crippen molar-refractivity contribution in [2.24, 2.45) is 13.0 Å². The fourth-order valence-corrected chi connectivity index (χ4v) is 3.45. The van der Waals surface area contributed by atoms with Gasteiger partial charge < -0.3 is 15.3 Å². The van der Waals surface area contributed by atoms with Crippen LogP contribution in [-0.2, 0) is 7.05 Å². The van der Waals surface area contributed by atoms with Gasteiger partial charge in [0, 0.05) is 44.7 Å². The monoisotopic (exact) mass is 344 g/mol. The molecule has 3 rings (SSSR count). The molecule has 0 spiro atoms. The van der Waals surface area contributed by atoms with Gasteiger partial charge in [-0.25, -0.2) is 9.97 Å². The maximum Gasteiger partial charge on any atom is 0.223 e. The first-order valence-electron chi connectivity index (χ1n) is 9.06. The number of rotatable bonds is 7. The van der Waals surface area contributed by atoms with Gasteiger partial charge in [0.05, 0.1) is 11.4 Å². The highest BCUT2D eigenvalue weighted by Crippen LogP contribution is 2.20. The van der Waals surface area contributed by atoms with Gasteiger partial charge in [-0.15, -0.1) is 0 Å². The lowest BCUT2D eigenvalue weighted by molar-refractivity contribution is 0.120. The van der Waals surface area contributed by atoms with Crippen LogP contribution in [0.4, 0.5) is 5.95 Å². The van der Waals surface area contributed by atoms with E-state index in [0.29, 0.717) is 18.5 Å². The van der Waals surface area contributed by atoms with Gasteiger partial charge in [0.1, 0.15) is 0 Å². The second-order valence-corrected chi connectivity index (χ2v) is 6.84. The largest absolute Gasteiger partial charge is 0.396 e. The molecule has 7 nitrogen and oxygen atoms in total. The molecule has 1 atom stereocenters. The van der Waals surface area contributed by atoms with Crippen LogP contribution < -0.4 is 5.32 Å². The maximum absolute atomic E-state index is 9.31. The number of aromatic nitrogens is 4. The van der Waals surface area contributed by atoms with E-state index in [2.05, 4.69) is 25.3 Å². The molecule has 136 valence electrons. The number of hydrogen-bond acceptors (Lipinski definition) is 6. The summed E-state index contributed by atoms with van der Waals surface area (Å²) in [6, 6.07) is 1.91. The van der Waals surface area contributed by atoms with Gasteiger partial charge in [-0.2, -0.15) is 5.10 Å². The van der Waals surface area contributed by atoms with Gasteiger partial charge >= 0.3 is 0 Å². The van der Waals surface area contributed by atoms with Gasteiger partial charge in [-0.1, -0.05) is 0 Å². The number of aliphatic hydroxyl groups is 1. The van der Waals surface area contributed by atoms with E-state index >= 15 is 0 Å². The van der Waals surface area contributed by atoms with Crippen LogP contribution in [0, 0.1) is 12.8 Å². The summed E-state index contributed by atoms with van der Waals surface area (Å²) < 4.78 is 1.80. The third kappa shape index (κ3) is 4.76. The first-order chi connectivity index (χ1) is 12.2. The number of nitrogens with zero attached hydrogens (tertiary/aromatic N) is 5. The molecule has 1 aliphatic rings. The Balaban J connectivity index is 1.49. The zero-order valence-corrected chi connectivity index (χ0v) is 15.1. The molecule has 1 unspecified atom stereocenters. The Bertz CT molecular complexity index is 686. The Hall–Kier alpha value is -1.99. The molecule has 3 heterocycles. The number of piperidine rings is 1. The number of nitrogens with one attached hydrogen (secondary N) is 1. The van der Waals surface area contributed by atoms with Gasteiger partial charge in [-0.3, -0.25) is 4.68 Å². The van der Waals surface area contributed by atoms with Crippen molar-refractivity contribution in [3.63, 3.8) is 0 Å². The van der Waals surface area contributed by atoms with Crippen LogP contribution >= 0.6 is 0 Å². The number of hydrogen-bond donors (Lipinski definition) is 2. The van der Waals surface area contributed by atoms with E-state index in [1.165, 1.54) is 6.42 Å². The van der Waals surface area contributed by atoms with E-state index in [9.17, 15) is 5.11 Å². The molecular weight excluding hydrogens is 316 g/mol. The van der Waals surface area contributed by atoms with Crippen LogP contribution in [0.2, 0.25) is 0 Å². The molecule has 1 fully saturated rings. The lowest BCUT2D eigenvalue weighted by atomic mass is 9.99. The molecule has 0 aliphatic carbocycles. The van der Waals surface area contributed by atoms with Crippen LogP contribution in [0.3, 0.4) is 0 Å². The van der Waals surface area contributed by atoms with Crippen LogP contribution in [0.5, 0.6) is 0 Å². The Labute approximate surface area is 149 Å². The second-order valence-electron chi connectivity index (χ2n) is 6.84. The van der Waals surface area contributed by atoms with Crippen LogP contribution in [-0.4, -0.2) is 62.5 Å². The van der Waals surface area contributed by atoms with E-state index in [4.69, 9.17) is 0 Å². The van der Waals surface area contributed by atoms with Crippen molar-refractivity contribution >= 4 is 5.95 Å². The SMILES string of the molecule is Cc1nn(C)cc1-c1ccnc(NCCCN2CCCC(CO)C2)n1. The van der Waals surface area contributed by atoms with Crippen molar-refractivity contribution in [1.29, 1.82) is 0 Å². The van der Waals surface area contributed by atoms with Crippen LogP contribution in [0.1, 0.15) is 25.0 Å². The summed E-state index contributed by atoms with van der Waals surface area (Å²) in [4.78, 5) is 11.4. The smallest absolute Gasteiger partial charge is 0.223 e. The van der Waals surface area contributed by atoms with Gasteiger partial charge in [0.15, 0.2) is 0 Å². The minimum atomic E-state index is 0.309. The molecule has 0 saturated carbocycles. The molecule has 2 aromatic heterocycles. The minimum absolute atomic E-state index is 0.309. The van der Waals surface area contributed by atoms with E-state index in [1.807, 2.05) is 26.2 Å². The fraction of sp³-hybridized carbons (Fsp3) is 0.611. The van der Waals surface area contributed by atoms with Crippen molar-refractivity contribution in [3.8, 4) is 11.3 Å². The molecule has 1 saturated heterocycles. The van der Waals surface area contributed by atoms with Crippen molar-refractivity contribution < 1.29 is 5.11 Å². The summed E-state index contributed by atoms with van der Waals surface area (Å²) >= 11 is 0. The Morgan fingerprint density at radius 1 is 1.40 bits per heavy atom. The summed E-state index contributed by atoms with van der Waals surface area (Å²) in [5, 5.41) is 17.0. The third-order valence-electron chi connectivity index (χ3n) is 4.74. The normalized spacial score (nSPS) is 18.4. The molecule has 2 N–H and O–H groups in total. The van der Waals surface area contributed by atoms with E-state index in [1.54, 1.807) is 10.9 Å². The van der Waals surface area contributed by atoms with Crippen LogP contribution in [0.25, 0.3) is 11.3 Å². The van der Waals surface area contributed by atoms with Gasteiger partial charge in [0.25, 0.3) is 0 Å². The van der Waals surface area contributed by atoms with Crippen molar-refractivity contribution in [3.05, 3.63) is 24.2 Å². The summed E-state index contributed by atoms with van der Waals surface area (Å²) in [6.07, 6.45) is 7.15. The van der Waals surface area contributed by atoms with Gasteiger partial charge in [-0.05, 0) is 51.3 Å². The average molecular weight is 344 g/mol. The minimum Gasteiger partial charge on any atom is -0.396 e. The highest BCUT2D eigenvalue weighted by atomic mass is 16.3.